The van der Waals surface area contributed by atoms with Gasteiger partial charge in [0.05, 0.1) is 12.2 Å². The predicted molar refractivity (Wildman–Crippen MR) is 63.9 cm³/mol. The van der Waals surface area contributed by atoms with Gasteiger partial charge in [-0.3, -0.25) is 0 Å². The highest BCUT2D eigenvalue weighted by molar-refractivity contribution is 9.09. The largest absolute Gasteiger partial charge is 0.392 e. The van der Waals surface area contributed by atoms with Crippen molar-refractivity contribution in [3.8, 4) is 0 Å². The number of alkyl halides is 1. The Balaban J connectivity index is 3.96. The minimum Gasteiger partial charge on any atom is -0.392 e. The van der Waals surface area contributed by atoms with Crippen LogP contribution in [0.15, 0.2) is 11.6 Å². The van der Waals surface area contributed by atoms with E-state index >= 15 is 0 Å². The number of allylic oxidation sites excluding steroid dienone is 1. The van der Waals surface area contributed by atoms with E-state index in [-0.39, 0.29) is 12.2 Å². The number of aliphatic hydroxyl groups excluding tert-OH is 1. The summed E-state index contributed by atoms with van der Waals surface area (Å²) < 4.78 is 5.38. The smallest absolute Gasteiger partial charge is 0.0747 e. The van der Waals surface area contributed by atoms with Gasteiger partial charge in [-0.05, 0) is 33.6 Å². The molecule has 0 radical (unpaired) electrons. The summed E-state index contributed by atoms with van der Waals surface area (Å²) in [5.41, 5.74) is 1.09. The molecule has 0 aliphatic heterocycles. The highest BCUT2D eigenvalue weighted by atomic mass is 79.9. The topological polar surface area (TPSA) is 29.5 Å². The fourth-order valence-electron chi connectivity index (χ4n) is 1.09. The van der Waals surface area contributed by atoms with Crippen molar-refractivity contribution < 1.29 is 9.84 Å². The van der Waals surface area contributed by atoms with E-state index in [0.717, 1.165) is 12.8 Å². The van der Waals surface area contributed by atoms with Crippen LogP contribution < -0.4 is 0 Å². The summed E-state index contributed by atoms with van der Waals surface area (Å²) in [5.74, 6) is 0. The summed E-state index contributed by atoms with van der Waals surface area (Å²) in [4.78, 5) is 0.335. The molecule has 14 heavy (non-hydrogen) atoms. The van der Waals surface area contributed by atoms with E-state index in [1.54, 1.807) is 7.11 Å². The third-order valence-electron chi connectivity index (χ3n) is 2.51. The number of aliphatic hydroxyl groups is 1. The molecule has 0 aromatic heterocycles. The molecule has 0 saturated carbocycles. The first-order chi connectivity index (χ1) is 6.44. The Kier molecular flexibility index (Phi) is 6.66. The molecule has 0 bridgehead atoms. The second-order valence-electron chi connectivity index (χ2n) is 4.05. The molecule has 0 saturated heterocycles. The van der Waals surface area contributed by atoms with Crippen LogP contribution in [0.1, 0.15) is 33.6 Å². The Hall–Kier alpha value is 0.140. The molecule has 0 aromatic carbocycles. The molecule has 0 rings (SSSR count). The Bertz CT molecular complexity index is 188. The summed E-state index contributed by atoms with van der Waals surface area (Å²) in [6.07, 6.45) is 3.85. The van der Waals surface area contributed by atoms with E-state index in [9.17, 15) is 0 Å². The Morgan fingerprint density at radius 1 is 1.57 bits per heavy atom. The van der Waals surface area contributed by atoms with Crippen molar-refractivity contribution in [1.82, 2.24) is 0 Å². The third kappa shape index (κ3) is 5.13. The van der Waals surface area contributed by atoms with Crippen LogP contribution in [-0.2, 0) is 4.74 Å². The number of ether oxygens (including phenoxy) is 1. The van der Waals surface area contributed by atoms with E-state index in [4.69, 9.17) is 9.84 Å². The lowest BCUT2D eigenvalue weighted by molar-refractivity contribution is 0.0210. The summed E-state index contributed by atoms with van der Waals surface area (Å²) in [5, 5.41) is 8.70. The Morgan fingerprint density at radius 2 is 2.14 bits per heavy atom. The first-order valence-electron chi connectivity index (χ1n) is 4.89. The van der Waals surface area contributed by atoms with Crippen molar-refractivity contribution in [2.24, 2.45) is 0 Å². The van der Waals surface area contributed by atoms with Crippen molar-refractivity contribution >= 4 is 15.9 Å². The van der Waals surface area contributed by atoms with Crippen LogP contribution in [0.25, 0.3) is 0 Å². The average molecular weight is 265 g/mol. The maximum atomic E-state index is 8.70. The molecule has 0 aliphatic carbocycles. The molecular formula is C11H21BrO2. The summed E-state index contributed by atoms with van der Waals surface area (Å²) >= 11 is 3.62. The minimum atomic E-state index is -0.139. The quantitative estimate of drug-likeness (QED) is 0.591. The first-order valence-corrected chi connectivity index (χ1v) is 5.81. The zero-order valence-electron chi connectivity index (χ0n) is 9.51. The number of hydrogen-bond donors (Lipinski definition) is 1. The molecule has 0 fully saturated rings. The van der Waals surface area contributed by atoms with Gasteiger partial charge < -0.3 is 9.84 Å². The number of halogens is 1. The van der Waals surface area contributed by atoms with Crippen molar-refractivity contribution in [3.05, 3.63) is 11.6 Å². The van der Waals surface area contributed by atoms with Crippen LogP contribution in [-0.4, -0.2) is 29.3 Å². The zero-order valence-corrected chi connectivity index (χ0v) is 11.1. The van der Waals surface area contributed by atoms with Gasteiger partial charge in [-0.2, -0.15) is 0 Å². The molecule has 1 N–H and O–H groups in total. The van der Waals surface area contributed by atoms with Crippen molar-refractivity contribution in [2.45, 2.75) is 44.0 Å². The Labute approximate surface area is 95.5 Å². The first kappa shape index (κ1) is 14.1. The van der Waals surface area contributed by atoms with Crippen molar-refractivity contribution in [3.63, 3.8) is 0 Å². The van der Waals surface area contributed by atoms with E-state index in [0.29, 0.717) is 4.83 Å². The molecule has 0 aliphatic rings. The fourth-order valence-corrected chi connectivity index (χ4v) is 1.50. The molecule has 0 spiro atoms. The molecule has 1 unspecified atom stereocenters. The third-order valence-corrected chi connectivity index (χ3v) is 4.07. The van der Waals surface area contributed by atoms with Gasteiger partial charge in [0, 0.05) is 11.9 Å². The van der Waals surface area contributed by atoms with E-state index in [2.05, 4.69) is 29.8 Å². The van der Waals surface area contributed by atoms with Crippen LogP contribution in [0.2, 0.25) is 0 Å². The molecule has 1 atom stereocenters. The summed E-state index contributed by atoms with van der Waals surface area (Å²) in [7, 11) is 1.73. The lowest BCUT2D eigenvalue weighted by atomic mass is 9.99. The number of methoxy groups -OCH3 is 1. The molecule has 0 amide bonds. The molecule has 2 nitrogen and oxygen atoms in total. The lowest BCUT2D eigenvalue weighted by Crippen LogP contribution is -2.33. The lowest BCUT2D eigenvalue weighted by Gasteiger charge is -2.28. The van der Waals surface area contributed by atoms with Gasteiger partial charge in [0.1, 0.15) is 0 Å². The van der Waals surface area contributed by atoms with Gasteiger partial charge in [-0.1, -0.05) is 27.6 Å². The number of hydrogen-bond acceptors (Lipinski definition) is 2. The monoisotopic (exact) mass is 264 g/mol. The van der Waals surface area contributed by atoms with E-state index in [1.807, 2.05) is 13.0 Å². The SMILES string of the molecule is COC(C)(C)C(Br)CC/C(C)=C/CO. The van der Waals surface area contributed by atoms with Gasteiger partial charge >= 0.3 is 0 Å². The normalized spacial score (nSPS) is 15.7. The molecular weight excluding hydrogens is 244 g/mol. The molecule has 0 heterocycles. The highest BCUT2D eigenvalue weighted by Crippen LogP contribution is 2.26. The standard InChI is InChI=1S/C11H21BrO2/c1-9(7-8-13)5-6-10(12)11(2,3)14-4/h7,10,13H,5-6,8H2,1-4H3/b9-7+. The van der Waals surface area contributed by atoms with Crippen LogP contribution in [0.5, 0.6) is 0 Å². The van der Waals surface area contributed by atoms with E-state index in [1.165, 1.54) is 5.57 Å². The van der Waals surface area contributed by atoms with Crippen LogP contribution in [0.3, 0.4) is 0 Å². The van der Waals surface area contributed by atoms with Crippen molar-refractivity contribution in [1.29, 1.82) is 0 Å². The summed E-state index contributed by atoms with van der Waals surface area (Å²) in [6.45, 7) is 6.30. The van der Waals surface area contributed by atoms with Gasteiger partial charge in [0.25, 0.3) is 0 Å². The second-order valence-corrected chi connectivity index (χ2v) is 5.15. The average Bonchev–Trinajstić information content (AvgIpc) is 2.14. The van der Waals surface area contributed by atoms with Gasteiger partial charge in [0.2, 0.25) is 0 Å². The van der Waals surface area contributed by atoms with Crippen LogP contribution in [0.4, 0.5) is 0 Å². The fraction of sp³-hybridized carbons (Fsp3) is 0.818. The maximum absolute atomic E-state index is 8.70. The van der Waals surface area contributed by atoms with Crippen molar-refractivity contribution in [2.75, 3.05) is 13.7 Å². The van der Waals surface area contributed by atoms with E-state index < -0.39 is 0 Å². The van der Waals surface area contributed by atoms with Crippen LogP contribution in [0, 0.1) is 0 Å². The van der Waals surface area contributed by atoms with Gasteiger partial charge in [-0.25, -0.2) is 0 Å². The molecule has 3 heteroatoms. The highest BCUT2D eigenvalue weighted by Gasteiger charge is 2.26. The predicted octanol–water partition coefficient (Wildman–Crippen LogP) is 2.89. The molecule has 84 valence electrons. The zero-order chi connectivity index (χ0) is 11.2. The second kappa shape index (κ2) is 6.59. The Morgan fingerprint density at radius 3 is 2.57 bits per heavy atom. The number of rotatable bonds is 6. The maximum Gasteiger partial charge on any atom is 0.0747 e. The minimum absolute atomic E-state index is 0.131. The summed E-state index contributed by atoms with van der Waals surface area (Å²) in [6, 6.07) is 0. The van der Waals surface area contributed by atoms with Gasteiger partial charge in [0.15, 0.2) is 0 Å². The van der Waals surface area contributed by atoms with Gasteiger partial charge in [-0.15, -0.1) is 0 Å². The molecule has 0 aromatic rings. The van der Waals surface area contributed by atoms with Crippen LogP contribution >= 0.6 is 15.9 Å².